The Balaban J connectivity index is 1.96. The first-order valence-electron chi connectivity index (χ1n) is 7.14. The number of esters is 1. The number of rotatable bonds is 5. The molecule has 1 N–H and O–H groups in total. The van der Waals surface area contributed by atoms with Crippen molar-refractivity contribution in [2.24, 2.45) is 7.05 Å². The largest absolute Gasteiger partial charge is 0.496 e. The highest BCUT2D eigenvalue weighted by Crippen LogP contribution is 2.25. The molecule has 24 heavy (non-hydrogen) atoms. The van der Waals surface area contributed by atoms with E-state index in [0.29, 0.717) is 27.2 Å². The van der Waals surface area contributed by atoms with E-state index in [4.69, 9.17) is 9.47 Å². The molecule has 2 rings (SSSR count). The van der Waals surface area contributed by atoms with E-state index >= 15 is 0 Å². The van der Waals surface area contributed by atoms with Crippen LogP contribution < -0.4 is 10.1 Å². The molecule has 0 fully saturated rings. The summed E-state index contributed by atoms with van der Waals surface area (Å²) < 4.78 is 12.4. The third-order valence-electron chi connectivity index (χ3n) is 3.50. The van der Waals surface area contributed by atoms with Gasteiger partial charge in [-0.3, -0.25) is 9.48 Å². The standard InChI is InChI=1S/C16H18BrN3O4/c1-9-15(10(2)20(3)19-9)18-14(21)8-24-16(22)11-5-6-13(23-4)12(17)7-11/h5-7H,8H2,1-4H3,(H,18,21). The molecule has 0 aliphatic heterocycles. The molecular weight excluding hydrogens is 378 g/mol. The van der Waals surface area contributed by atoms with E-state index in [1.165, 1.54) is 7.11 Å². The van der Waals surface area contributed by atoms with Gasteiger partial charge in [-0.25, -0.2) is 4.79 Å². The van der Waals surface area contributed by atoms with Crippen molar-refractivity contribution in [3.05, 3.63) is 39.6 Å². The summed E-state index contributed by atoms with van der Waals surface area (Å²) in [6.07, 6.45) is 0. The molecule has 7 nitrogen and oxygen atoms in total. The van der Waals surface area contributed by atoms with Crippen molar-refractivity contribution in [3.63, 3.8) is 0 Å². The van der Waals surface area contributed by atoms with Gasteiger partial charge in [0.2, 0.25) is 0 Å². The van der Waals surface area contributed by atoms with Crippen LogP contribution in [-0.2, 0) is 16.6 Å². The van der Waals surface area contributed by atoms with Crippen LogP contribution in [0.2, 0.25) is 0 Å². The number of carbonyl (C=O) groups is 2. The molecule has 0 spiro atoms. The van der Waals surface area contributed by atoms with Crippen LogP contribution in [0.15, 0.2) is 22.7 Å². The first kappa shape index (κ1) is 18.0. The number of methoxy groups -OCH3 is 1. The van der Waals surface area contributed by atoms with Crippen LogP contribution in [0.1, 0.15) is 21.7 Å². The van der Waals surface area contributed by atoms with E-state index in [-0.39, 0.29) is 6.61 Å². The SMILES string of the molecule is COc1ccc(C(=O)OCC(=O)Nc2c(C)nn(C)c2C)cc1Br. The molecule has 1 aromatic carbocycles. The van der Waals surface area contributed by atoms with Gasteiger partial charge in [0, 0.05) is 7.05 Å². The van der Waals surface area contributed by atoms with Crippen LogP contribution in [0.3, 0.4) is 0 Å². The highest BCUT2D eigenvalue weighted by atomic mass is 79.9. The zero-order chi connectivity index (χ0) is 17.9. The average Bonchev–Trinajstić information content (AvgIpc) is 2.78. The number of benzene rings is 1. The van der Waals surface area contributed by atoms with Gasteiger partial charge in [-0.15, -0.1) is 0 Å². The summed E-state index contributed by atoms with van der Waals surface area (Å²) in [6.45, 7) is 3.26. The smallest absolute Gasteiger partial charge is 0.338 e. The van der Waals surface area contributed by atoms with E-state index in [1.54, 1.807) is 36.9 Å². The highest BCUT2D eigenvalue weighted by Gasteiger charge is 2.15. The normalized spacial score (nSPS) is 10.4. The number of aromatic nitrogens is 2. The Morgan fingerprint density at radius 1 is 1.33 bits per heavy atom. The van der Waals surface area contributed by atoms with Gasteiger partial charge < -0.3 is 14.8 Å². The summed E-state index contributed by atoms with van der Waals surface area (Å²) >= 11 is 3.30. The summed E-state index contributed by atoms with van der Waals surface area (Å²) in [5.74, 6) is -0.407. The van der Waals surface area contributed by atoms with Gasteiger partial charge in [0.15, 0.2) is 6.61 Å². The van der Waals surface area contributed by atoms with Crippen molar-refractivity contribution < 1.29 is 19.1 Å². The van der Waals surface area contributed by atoms with Crippen molar-refractivity contribution in [3.8, 4) is 5.75 Å². The minimum absolute atomic E-state index is 0.323. The maximum atomic E-state index is 12.0. The van der Waals surface area contributed by atoms with E-state index in [9.17, 15) is 9.59 Å². The van der Waals surface area contributed by atoms with Crippen molar-refractivity contribution in [2.45, 2.75) is 13.8 Å². The van der Waals surface area contributed by atoms with Gasteiger partial charge in [-0.1, -0.05) is 0 Å². The van der Waals surface area contributed by atoms with Crippen LogP contribution >= 0.6 is 15.9 Å². The quantitative estimate of drug-likeness (QED) is 0.786. The summed E-state index contributed by atoms with van der Waals surface area (Å²) in [6, 6.07) is 4.79. The van der Waals surface area contributed by atoms with Gasteiger partial charge in [0.25, 0.3) is 5.91 Å². The monoisotopic (exact) mass is 395 g/mol. The molecule has 2 aromatic rings. The fourth-order valence-corrected chi connectivity index (χ4v) is 2.68. The number of nitrogens with zero attached hydrogens (tertiary/aromatic N) is 2. The third-order valence-corrected chi connectivity index (χ3v) is 4.11. The number of ether oxygens (including phenoxy) is 2. The number of hydrogen-bond acceptors (Lipinski definition) is 5. The molecule has 1 aromatic heterocycles. The Morgan fingerprint density at radius 3 is 2.58 bits per heavy atom. The number of carbonyl (C=O) groups excluding carboxylic acids is 2. The predicted octanol–water partition coefficient (Wildman–Crippen LogP) is 2.60. The second-order valence-electron chi connectivity index (χ2n) is 5.14. The fourth-order valence-electron chi connectivity index (χ4n) is 2.14. The summed E-state index contributed by atoms with van der Waals surface area (Å²) in [5, 5.41) is 6.92. The Labute approximate surface area is 148 Å². The van der Waals surface area contributed by atoms with Crippen LogP contribution in [0, 0.1) is 13.8 Å². The molecule has 0 saturated carbocycles. The lowest BCUT2D eigenvalue weighted by atomic mass is 10.2. The number of anilines is 1. The molecule has 1 amide bonds. The molecule has 8 heteroatoms. The number of nitrogens with one attached hydrogen (secondary N) is 1. The van der Waals surface area contributed by atoms with E-state index < -0.39 is 11.9 Å². The molecule has 0 aliphatic carbocycles. The van der Waals surface area contributed by atoms with Gasteiger partial charge in [0.05, 0.1) is 34.2 Å². The molecule has 0 unspecified atom stereocenters. The maximum Gasteiger partial charge on any atom is 0.338 e. The molecule has 128 valence electrons. The zero-order valence-electron chi connectivity index (χ0n) is 13.8. The van der Waals surface area contributed by atoms with Crippen LogP contribution in [-0.4, -0.2) is 35.4 Å². The highest BCUT2D eigenvalue weighted by molar-refractivity contribution is 9.10. The Morgan fingerprint density at radius 2 is 2.04 bits per heavy atom. The van der Waals surface area contributed by atoms with E-state index in [0.717, 1.165) is 5.69 Å². The lowest BCUT2D eigenvalue weighted by molar-refractivity contribution is -0.119. The zero-order valence-corrected chi connectivity index (χ0v) is 15.4. The topological polar surface area (TPSA) is 82.4 Å². The first-order valence-corrected chi connectivity index (χ1v) is 7.93. The first-order chi connectivity index (χ1) is 11.3. The summed E-state index contributed by atoms with van der Waals surface area (Å²) in [5.41, 5.74) is 2.48. The lowest BCUT2D eigenvalue weighted by Crippen LogP contribution is -2.21. The molecule has 0 aliphatic rings. The van der Waals surface area contributed by atoms with E-state index in [2.05, 4.69) is 26.3 Å². The van der Waals surface area contributed by atoms with Crippen molar-refractivity contribution >= 4 is 33.5 Å². The predicted molar refractivity (Wildman–Crippen MR) is 92.3 cm³/mol. The minimum Gasteiger partial charge on any atom is -0.496 e. The number of halogens is 1. The number of hydrogen-bond donors (Lipinski definition) is 1. The van der Waals surface area contributed by atoms with Gasteiger partial charge in [0.1, 0.15) is 5.75 Å². The number of aryl methyl sites for hydroxylation is 2. The molecule has 0 bridgehead atoms. The summed E-state index contributed by atoms with van der Waals surface area (Å²) in [4.78, 5) is 24.0. The summed E-state index contributed by atoms with van der Waals surface area (Å²) in [7, 11) is 3.32. The van der Waals surface area contributed by atoms with Crippen LogP contribution in [0.5, 0.6) is 5.75 Å². The second kappa shape index (κ2) is 7.48. The number of amides is 1. The molecule has 0 atom stereocenters. The Bertz CT molecular complexity index is 786. The third kappa shape index (κ3) is 3.94. The molecular formula is C16H18BrN3O4. The van der Waals surface area contributed by atoms with Gasteiger partial charge in [-0.2, -0.15) is 5.10 Å². The maximum absolute atomic E-state index is 12.0. The molecule has 1 heterocycles. The van der Waals surface area contributed by atoms with Gasteiger partial charge in [-0.05, 0) is 48.0 Å². The fraction of sp³-hybridized carbons (Fsp3) is 0.312. The van der Waals surface area contributed by atoms with Crippen LogP contribution in [0.25, 0.3) is 0 Å². The average molecular weight is 396 g/mol. The lowest BCUT2D eigenvalue weighted by Gasteiger charge is -2.08. The van der Waals surface area contributed by atoms with Gasteiger partial charge >= 0.3 is 5.97 Å². The molecule has 0 radical (unpaired) electrons. The second-order valence-corrected chi connectivity index (χ2v) is 6.00. The van der Waals surface area contributed by atoms with Crippen molar-refractivity contribution in [1.82, 2.24) is 9.78 Å². The van der Waals surface area contributed by atoms with Crippen molar-refractivity contribution in [2.75, 3.05) is 19.0 Å². The molecule has 0 saturated heterocycles. The van der Waals surface area contributed by atoms with E-state index in [1.807, 2.05) is 6.92 Å². The van der Waals surface area contributed by atoms with Crippen molar-refractivity contribution in [1.29, 1.82) is 0 Å². The Hall–Kier alpha value is -2.35. The van der Waals surface area contributed by atoms with Crippen LogP contribution in [0.4, 0.5) is 5.69 Å². The Kier molecular flexibility index (Phi) is 5.61. The minimum atomic E-state index is -0.590.